The van der Waals surface area contributed by atoms with Gasteiger partial charge in [-0.15, -0.1) is 0 Å². The molecule has 2 atom stereocenters. The molecule has 4 nitrogen and oxygen atoms in total. The van der Waals surface area contributed by atoms with Gasteiger partial charge in [-0.3, -0.25) is 9.58 Å². The van der Waals surface area contributed by atoms with Crippen LogP contribution in [0.3, 0.4) is 0 Å². The first-order chi connectivity index (χ1) is 8.56. The second-order valence-electron chi connectivity index (χ2n) is 5.65. The van der Waals surface area contributed by atoms with E-state index in [2.05, 4.69) is 25.9 Å². The summed E-state index contributed by atoms with van der Waals surface area (Å²) in [6.07, 6.45) is 4.25. The average molecular weight is 314 g/mol. The Balaban J connectivity index is 1.81. The van der Waals surface area contributed by atoms with Gasteiger partial charge in [0.1, 0.15) is 0 Å². The molecule has 2 fully saturated rings. The largest absolute Gasteiger partial charge is 0.393 e. The lowest BCUT2D eigenvalue weighted by atomic mass is 10.00. The van der Waals surface area contributed by atoms with Crippen molar-refractivity contribution >= 4 is 15.9 Å². The van der Waals surface area contributed by atoms with Crippen molar-refractivity contribution in [2.75, 3.05) is 0 Å². The summed E-state index contributed by atoms with van der Waals surface area (Å²) in [5.41, 5.74) is 2.30. The molecule has 0 saturated carbocycles. The molecular formula is C13H20BrN3O. The van der Waals surface area contributed by atoms with Crippen molar-refractivity contribution in [3.8, 4) is 0 Å². The molecule has 1 N–H and O–H groups in total. The van der Waals surface area contributed by atoms with Crippen LogP contribution >= 0.6 is 15.9 Å². The smallest absolute Gasteiger partial charge is 0.0739 e. The molecule has 3 heterocycles. The normalized spacial score (nSPS) is 32.1. The quantitative estimate of drug-likeness (QED) is 0.907. The SMILES string of the molecule is Cc1nn(C)c(CN2C3CCC2CC(O)C3)c1Br. The third kappa shape index (κ3) is 2.02. The maximum atomic E-state index is 9.83. The lowest BCUT2D eigenvalue weighted by molar-refractivity contribution is 0.0297. The highest BCUT2D eigenvalue weighted by atomic mass is 79.9. The van der Waals surface area contributed by atoms with Crippen LogP contribution in [-0.2, 0) is 13.6 Å². The average Bonchev–Trinajstić information content (AvgIpc) is 2.68. The molecule has 2 unspecified atom stereocenters. The number of aliphatic hydroxyl groups excluding tert-OH is 1. The number of hydrogen-bond acceptors (Lipinski definition) is 3. The summed E-state index contributed by atoms with van der Waals surface area (Å²) in [5.74, 6) is 0. The highest BCUT2D eigenvalue weighted by molar-refractivity contribution is 9.10. The van der Waals surface area contributed by atoms with Crippen LogP contribution in [0.25, 0.3) is 0 Å². The first-order valence-electron chi connectivity index (χ1n) is 6.68. The van der Waals surface area contributed by atoms with Crippen molar-refractivity contribution in [2.24, 2.45) is 7.05 Å². The fourth-order valence-electron chi connectivity index (χ4n) is 3.53. The fraction of sp³-hybridized carbons (Fsp3) is 0.769. The lowest BCUT2D eigenvalue weighted by Gasteiger charge is -2.37. The summed E-state index contributed by atoms with van der Waals surface area (Å²) in [6, 6.07) is 1.11. The number of aliphatic hydroxyl groups is 1. The molecule has 0 radical (unpaired) electrons. The Morgan fingerprint density at radius 1 is 1.33 bits per heavy atom. The van der Waals surface area contributed by atoms with Gasteiger partial charge in [-0.1, -0.05) is 0 Å². The summed E-state index contributed by atoms with van der Waals surface area (Å²) in [6.45, 7) is 2.97. The van der Waals surface area contributed by atoms with Crippen LogP contribution in [0.15, 0.2) is 4.47 Å². The van der Waals surface area contributed by atoms with Gasteiger partial charge in [0.05, 0.1) is 22.0 Å². The molecule has 18 heavy (non-hydrogen) atoms. The van der Waals surface area contributed by atoms with E-state index in [1.54, 1.807) is 0 Å². The Morgan fingerprint density at radius 3 is 2.44 bits per heavy atom. The van der Waals surface area contributed by atoms with Crippen molar-refractivity contribution < 1.29 is 5.11 Å². The second kappa shape index (κ2) is 4.62. The maximum Gasteiger partial charge on any atom is 0.0739 e. The molecule has 0 aliphatic carbocycles. The monoisotopic (exact) mass is 313 g/mol. The highest BCUT2D eigenvalue weighted by Gasteiger charge is 2.40. The summed E-state index contributed by atoms with van der Waals surface area (Å²) in [5, 5.41) is 14.3. The third-order valence-electron chi connectivity index (χ3n) is 4.45. The number of fused-ring (bicyclic) bond motifs is 2. The van der Waals surface area contributed by atoms with Crippen LogP contribution < -0.4 is 0 Å². The molecule has 5 heteroatoms. The second-order valence-corrected chi connectivity index (χ2v) is 6.45. The zero-order valence-electron chi connectivity index (χ0n) is 10.9. The topological polar surface area (TPSA) is 41.3 Å². The third-order valence-corrected chi connectivity index (χ3v) is 5.48. The minimum Gasteiger partial charge on any atom is -0.393 e. The molecule has 0 aromatic carbocycles. The zero-order valence-corrected chi connectivity index (χ0v) is 12.5. The van der Waals surface area contributed by atoms with Gasteiger partial charge in [-0.25, -0.2) is 0 Å². The minimum absolute atomic E-state index is 0.0875. The van der Waals surface area contributed by atoms with Crippen molar-refractivity contribution in [3.05, 3.63) is 15.9 Å². The molecule has 2 bridgehead atoms. The summed E-state index contributed by atoms with van der Waals surface area (Å²) < 4.78 is 3.11. The fourth-order valence-corrected chi connectivity index (χ4v) is 3.99. The number of aromatic nitrogens is 2. The van der Waals surface area contributed by atoms with Gasteiger partial charge in [-0.05, 0) is 48.5 Å². The van der Waals surface area contributed by atoms with Gasteiger partial charge in [0, 0.05) is 25.7 Å². The molecule has 1 aromatic rings. The first kappa shape index (κ1) is 12.6. The van der Waals surface area contributed by atoms with E-state index in [1.807, 2.05) is 18.7 Å². The Labute approximate surface area is 116 Å². The number of halogens is 1. The summed E-state index contributed by atoms with van der Waals surface area (Å²) >= 11 is 3.64. The number of hydrogen-bond donors (Lipinski definition) is 1. The molecule has 3 rings (SSSR count). The minimum atomic E-state index is -0.0875. The summed E-state index contributed by atoms with van der Waals surface area (Å²) in [4.78, 5) is 2.56. The molecule has 0 spiro atoms. The van der Waals surface area contributed by atoms with E-state index in [9.17, 15) is 5.11 Å². The van der Waals surface area contributed by atoms with Crippen LogP contribution in [-0.4, -0.2) is 38.0 Å². The van der Waals surface area contributed by atoms with E-state index in [-0.39, 0.29) is 6.10 Å². The van der Waals surface area contributed by atoms with Gasteiger partial charge < -0.3 is 5.11 Å². The van der Waals surface area contributed by atoms with Gasteiger partial charge in [0.2, 0.25) is 0 Å². The standard InChI is InChI=1S/C13H20BrN3O/c1-8-13(14)12(16(2)15-8)7-17-9-3-4-10(17)6-11(18)5-9/h9-11,18H,3-7H2,1-2H3. The van der Waals surface area contributed by atoms with E-state index >= 15 is 0 Å². The van der Waals surface area contributed by atoms with E-state index in [1.165, 1.54) is 18.5 Å². The van der Waals surface area contributed by atoms with E-state index in [0.717, 1.165) is 29.6 Å². The van der Waals surface area contributed by atoms with Crippen LogP contribution in [0.2, 0.25) is 0 Å². The predicted molar refractivity (Wildman–Crippen MR) is 73.2 cm³/mol. The Morgan fingerprint density at radius 2 is 1.94 bits per heavy atom. The van der Waals surface area contributed by atoms with Crippen LogP contribution in [0, 0.1) is 6.92 Å². The number of aryl methyl sites for hydroxylation is 2. The Bertz CT molecular complexity index is 445. The van der Waals surface area contributed by atoms with Gasteiger partial charge in [0.15, 0.2) is 0 Å². The molecule has 1 aromatic heterocycles. The van der Waals surface area contributed by atoms with Crippen molar-refractivity contribution in [1.82, 2.24) is 14.7 Å². The Kier molecular flexibility index (Phi) is 3.24. The number of nitrogens with zero attached hydrogens (tertiary/aromatic N) is 3. The van der Waals surface area contributed by atoms with Crippen LogP contribution in [0.5, 0.6) is 0 Å². The van der Waals surface area contributed by atoms with E-state index < -0.39 is 0 Å². The van der Waals surface area contributed by atoms with Crippen LogP contribution in [0.4, 0.5) is 0 Å². The van der Waals surface area contributed by atoms with Crippen LogP contribution in [0.1, 0.15) is 37.1 Å². The van der Waals surface area contributed by atoms with Crippen molar-refractivity contribution in [1.29, 1.82) is 0 Å². The number of rotatable bonds is 2. The Hall–Kier alpha value is -0.390. The molecular weight excluding hydrogens is 294 g/mol. The summed E-state index contributed by atoms with van der Waals surface area (Å²) in [7, 11) is 2.01. The molecule has 2 aliphatic rings. The lowest BCUT2D eigenvalue weighted by Crippen LogP contribution is -2.44. The molecule has 2 aliphatic heterocycles. The molecule has 0 amide bonds. The molecule has 100 valence electrons. The predicted octanol–water partition coefficient (Wildman–Crippen LogP) is 1.98. The first-order valence-corrected chi connectivity index (χ1v) is 7.47. The number of piperidine rings is 1. The van der Waals surface area contributed by atoms with E-state index in [0.29, 0.717) is 12.1 Å². The maximum absolute atomic E-state index is 9.83. The van der Waals surface area contributed by atoms with Crippen molar-refractivity contribution in [3.63, 3.8) is 0 Å². The van der Waals surface area contributed by atoms with Gasteiger partial charge >= 0.3 is 0 Å². The van der Waals surface area contributed by atoms with E-state index in [4.69, 9.17) is 0 Å². The van der Waals surface area contributed by atoms with Crippen molar-refractivity contribution in [2.45, 2.75) is 57.3 Å². The van der Waals surface area contributed by atoms with Gasteiger partial charge in [-0.2, -0.15) is 5.10 Å². The van der Waals surface area contributed by atoms with Gasteiger partial charge in [0.25, 0.3) is 0 Å². The highest BCUT2D eigenvalue weighted by Crippen LogP contribution is 2.37. The molecule has 2 saturated heterocycles. The zero-order chi connectivity index (χ0) is 12.9.